The predicted molar refractivity (Wildman–Crippen MR) is 104 cm³/mol. The van der Waals surface area contributed by atoms with E-state index in [1.165, 1.54) is 16.6 Å². The second-order valence-corrected chi connectivity index (χ2v) is 7.24. The number of hydrogen-bond acceptors (Lipinski definition) is 4. The Morgan fingerprint density at radius 3 is 3.04 bits per heavy atom. The van der Waals surface area contributed by atoms with Crippen molar-refractivity contribution >= 4 is 10.9 Å². The van der Waals surface area contributed by atoms with Crippen LogP contribution in [0.1, 0.15) is 23.4 Å². The molecular formula is C20H23N7. The molecule has 0 amide bonds. The van der Waals surface area contributed by atoms with Crippen LogP contribution in [0.5, 0.6) is 0 Å². The van der Waals surface area contributed by atoms with Crippen molar-refractivity contribution in [2.24, 2.45) is 7.05 Å². The van der Waals surface area contributed by atoms with E-state index in [0.29, 0.717) is 6.54 Å². The maximum Gasteiger partial charge on any atom is 0.160 e. The molecule has 0 radical (unpaired) electrons. The molecule has 4 aromatic rings. The highest BCUT2D eigenvalue weighted by molar-refractivity contribution is 5.82. The number of hydrogen-bond donors (Lipinski definition) is 1. The molecular weight excluding hydrogens is 338 g/mol. The fourth-order valence-corrected chi connectivity index (χ4v) is 3.87. The SMILES string of the molecule is Cc1ccc2c(c1)c(Cn1ccnc1-c1cc3n(n1)CCCNC3)nn2C. The van der Waals surface area contributed by atoms with Gasteiger partial charge in [0.2, 0.25) is 0 Å². The van der Waals surface area contributed by atoms with Crippen molar-refractivity contribution in [3.05, 3.63) is 53.6 Å². The van der Waals surface area contributed by atoms with E-state index in [1.807, 2.05) is 24.1 Å². The van der Waals surface area contributed by atoms with Crippen molar-refractivity contribution in [2.45, 2.75) is 33.0 Å². The third kappa shape index (κ3) is 2.84. The first-order valence-electron chi connectivity index (χ1n) is 9.40. The van der Waals surface area contributed by atoms with Gasteiger partial charge < -0.3 is 9.88 Å². The first-order chi connectivity index (χ1) is 13.2. The molecule has 4 heterocycles. The van der Waals surface area contributed by atoms with Crippen LogP contribution in [0.15, 0.2) is 36.7 Å². The molecule has 27 heavy (non-hydrogen) atoms. The van der Waals surface area contributed by atoms with Gasteiger partial charge in [0.05, 0.1) is 23.4 Å². The largest absolute Gasteiger partial charge is 0.324 e. The predicted octanol–water partition coefficient (Wildman–Crippen LogP) is 2.48. The molecule has 0 atom stereocenters. The lowest BCUT2D eigenvalue weighted by Crippen LogP contribution is -2.11. The van der Waals surface area contributed by atoms with E-state index >= 15 is 0 Å². The summed E-state index contributed by atoms with van der Waals surface area (Å²) in [7, 11) is 2.00. The smallest absolute Gasteiger partial charge is 0.160 e. The van der Waals surface area contributed by atoms with Crippen LogP contribution in [0, 0.1) is 6.92 Å². The molecule has 1 N–H and O–H groups in total. The Balaban J connectivity index is 1.52. The van der Waals surface area contributed by atoms with Crippen LogP contribution in [0.25, 0.3) is 22.4 Å². The van der Waals surface area contributed by atoms with E-state index in [0.717, 1.165) is 48.8 Å². The molecule has 1 aliphatic heterocycles. The number of benzene rings is 1. The Hall–Kier alpha value is -2.93. The molecule has 0 saturated carbocycles. The molecule has 3 aromatic heterocycles. The van der Waals surface area contributed by atoms with E-state index in [-0.39, 0.29) is 0 Å². The number of fused-ring (bicyclic) bond motifs is 2. The van der Waals surface area contributed by atoms with Crippen LogP contribution in [-0.4, -0.2) is 35.7 Å². The van der Waals surface area contributed by atoms with Gasteiger partial charge >= 0.3 is 0 Å². The van der Waals surface area contributed by atoms with Gasteiger partial charge in [-0.1, -0.05) is 11.6 Å². The lowest BCUT2D eigenvalue weighted by molar-refractivity contribution is 0.587. The maximum atomic E-state index is 4.80. The highest BCUT2D eigenvalue weighted by atomic mass is 15.3. The first kappa shape index (κ1) is 16.3. The summed E-state index contributed by atoms with van der Waals surface area (Å²) in [5, 5.41) is 14.2. The normalized spacial score (nSPS) is 14.4. The zero-order valence-electron chi connectivity index (χ0n) is 15.7. The first-order valence-corrected chi connectivity index (χ1v) is 9.40. The highest BCUT2D eigenvalue weighted by Crippen LogP contribution is 2.23. The Morgan fingerprint density at radius 2 is 2.11 bits per heavy atom. The van der Waals surface area contributed by atoms with Crippen LogP contribution in [-0.2, 0) is 26.7 Å². The summed E-state index contributed by atoms with van der Waals surface area (Å²) in [5.41, 5.74) is 5.59. The third-order valence-electron chi connectivity index (χ3n) is 5.24. The van der Waals surface area contributed by atoms with Gasteiger partial charge in [-0.25, -0.2) is 4.98 Å². The summed E-state index contributed by atoms with van der Waals surface area (Å²) in [6, 6.07) is 8.62. The minimum atomic E-state index is 0.677. The molecule has 0 bridgehead atoms. The molecule has 7 heteroatoms. The molecule has 7 nitrogen and oxygen atoms in total. The molecule has 0 saturated heterocycles. The Bertz CT molecular complexity index is 1090. The van der Waals surface area contributed by atoms with Crippen LogP contribution < -0.4 is 5.32 Å². The van der Waals surface area contributed by atoms with E-state index < -0.39 is 0 Å². The standard InChI is InChI=1S/C20H23N7/c1-14-4-5-19-16(10-14)18(23-25(19)2)13-26-9-7-22-20(26)17-11-15-12-21-6-3-8-27(15)24-17/h4-5,7,9-11,21H,3,6,8,12-13H2,1-2H3. The number of aromatic nitrogens is 6. The molecule has 1 aliphatic rings. The van der Waals surface area contributed by atoms with Gasteiger partial charge in [0.1, 0.15) is 5.69 Å². The highest BCUT2D eigenvalue weighted by Gasteiger charge is 2.17. The number of nitrogens with zero attached hydrogens (tertiary/aromatic N) is 6. The second kappa shape index (κ2) is 6.35. The molecule has 138 valence electrons. The molecule has 0 unspecified atom stereocenters. The van der Waals surface area contributed by atoms with E-state index in [2.05, 4.69) is 50.7 Å². The average molecular weight is 361 g/mol. The minimum absolute atomic E-state index is 0.677. The molecule has 0 spiro atoms. The van der Waals surface area contributed by atoms with Crippen LogP contribution in [0.3, 0.4) is 0 Å². The number of rotatable bonds is 3. The van der Waals surface area contributed by atoms with Gasteiger partial charge in [0, 0.05) is 37.9 Å². The molecule has 5 rings (SSSR count). The molecule has 1 aromatic carbocycles. The topological polar surface area (TPSA) is 65.5 Å². The quantitative estimate of drug-likeness (QED) is 0.609. The van der Waals surface area contributed by atoms with E-state index in [1.54, 1.807) is 0 Å². The number of aryl methyl sites for hydroxylation is 3. The van der Waals surface area contributed by atoms with Crippen LogP contribution in [0.2, 0.25) is 0 Å². The Kier molecular flexibility index (Phi) is 3.82. The van der Waals surface area contributed by atoms with Gasteiger partial charge in [-0.05, 0) is 38.1 Å². The minimum Gasteiger partial charge on any atom is -0.324 e. The van der Waals surface area contributed by atoms with Crippen molar-refractivity contribution < 1.29 is 0 Å². The van der Waals surface area contributed by atoms with E-state index in [4.69, 9.17) is 10.2 Å². The average Bonchev–Trinajstić information content (AvgIpc) is 3.30. The summed E-state index contributed by atoms with van der Waals surface area (Å²) >= 11 is 0. The van der Waals surface area contributed by atoms with Crippen molar-refractivity contribution in [1.29, 1.82) is 0 Å². The Morgan fingerprint density at radius 1 is 1.19 bits per heavy atom. The summed E-state index contributed by atoms with van der Waals surface area (Å²) in [6.45, 7) is 5.65. The van der Waals surface area contributed by atoms with Gasteiger partial charge in [0.15, 0.2) is 5.82 Å². The van der Waals surface area contributed by atoms with E-state index in [9.17, 15) is 0 Å². The summed E-state index contributed by atoms with van der Waals surface area (Å²) in [4.78, 5) is 4.59. The van der Waals surface area contributed by atoms with Crippen LogP contribution >= 0.6 is 0 Å². The van der Waals surface area contributed by atoms with Crippen molar-refractivity contribution in [2.75, 3.05) is 6.54 Å². The monoisotopic (exact) mass is 361 g/mol. The van der Waals surface area contributed by atoms with Gasteiger partial charge in [0.25, 0.3) is 0 Å². The summed E-state index contributed by atoms with van der Waals surface area (Å²) in [6.07, 6.45) is 4.95. The van der Waals surface area contributed by atoms with Crippen LogP contribution in [0.4, 0.5) is 0 Å². The fraction of sp³-hybridized carbons (Fsp3) is 0.350. The van der Waals surface area contributed by atoms with Gasteiger partial charge in [-0.2, -0.15) is 10.2 Å². The van der Waals surface area contributed by atoms with Crippen molar-refractivity contribution in [3.8, 4) is 11.5 Å². The number of nitrogens with one attached hydrogen (secondary N) is 1. The summed E-state index contributed by atoms with van der Waals surface area (Å²) < 4.78 is 6.19. The van der Waals surface area contributed by atoms with Gasteiger partial charge in [-0.15, -0.1) is 0 Å². The zero-order chi connectivity index (χ0) is 18.4. The lowest BCUT2D eigenvalue weighted by atomic mass is 10.1. The second-order valence-electron chi connectivity index (χ2n) is 7.24. The fourth-order valence-electron chi connectivity index (χ4n) is 3.87. The number of imidazole rings is 1. The Labute approximate surface area is 157 Å². The lowest BCUT2D eigenvalue weighted by Gasteiger charge is -2.05. The molecule has 0 aliphatic carbocycles. The van der Waals surface area contributed by atoms with Crippen molar-refractivity contribution in [1.82, 2.24) is 34.4 Å². The van der Waals surface area contributed by atoms with Gasteiger partial charge in [-0.3, -0.25) is 9.36 Å². The zero-order valence-corrected chi connectivity index (χ0v) is 15.7. The maximum absolute atomic E-state index is 4.80. The third-order valence-corrected chi connectivity index (χ3v) is 5.24. The molecule has 0 fully saturated rings. The van der Waals surface area contributed by atoms with Crippen molar-refractivity contribution in [3.63, 3.8) is 0 Å². The summed E-state index contributed by atoms with van der Waals surface area (Å²) in [5.74, 6) is 0.891.